The summed E-state index contributed by atoms with van der Waals surface area (Å²) in [7, 11) is 0. The molecular formula is C123H234. The molecule has 0 heteroatoms. The Labute approximate surface area is 782 Å². The first-order valence-corrected chi connectivity index (χ1v) is 51.5. The van der Waals surface area contributed by atoms with Gasteiger partial charge in [-0.15, -0.1) is 0 Å². The van der Waals surface area contributed by atoms with Crippen molar-refractivity contribution < 1.29 is 0 Å². The van der Waals surface area contributed by atoms with Crippen molar-refractivity contribution in [1.29, 1.82) is 0 Å². The molecule has 8 fully saturated rings. The summed E-state index contributed by atoms with van der Waals surface area (Å²) in [4.78, 5) is 0. The first kappa shape index (κ1) is 131. The number of hydrogen-bond acceptors (Lipinski definition) is 0. The van der Waals surface area contributed by atoms with Gasteiger partial charge in [0.15, 0.2) is 0 Å². The highest BCUT2D eigenvalue weighted by atomic mass is 14.4. The van der Waals surface area contributed by atoms with Gasteiger partial charge in [0, 0.05) is 0 Å². The topological polar surface area (TPSA) is 0 Å². The summed E-state index contributed by atoms with van der Waals surface area (Å²) in [6.07, 6.45) is 66.1. The Morgan fingerprint density at radius 3 is 0.797 bits per heavy atom. The fourth-order valence-electron chi connectivity index (χ4n) is 19.9. The van der Waals surface area contributed by atoms with Crippen molar-refractivity contribution >= 4 is 6.08 Å². The first-order chi connectivity index (χ1) is 55.3. The van der Waals surface area contributed by atoms with Crippen molar-refractivity contribution in [1.82, 2.24) is 0 Å². The molecule has 726 valence electrons. The molecular weight excluding hydrogens is 1480 g/mol. The van der Waals surface area contributed by atoms with Crippen molar-refractivity contribution in [2.24, 2.45) is 130 Å². The SMILES string of the molecule is C.C.C.C.C.C.C=C(C(C)C)C1CCCCC1.C=C(C(C)C)C1CCCCC1.C=C(C(C)C)C1CCCCC1.C=C(C)C(C)C.C=C(C)C(C)C.CC(C)CC1=Cc2ccccc2C1.CC(C)CC1CC2CCC1C2.CC(C)CC1CCCCC1.CC(C)CC1CCCCC1.CC(C)CC1CCCCC1.CC(C)CC1Cc2ccccc2C1.CCC(C)C. The molecule has 10 aliphatic carbocycles. The molecule has 2 aromatic rings. The lowest BCUT2D eigenvalue weighted by Crippen LogP contribution is -2.12. The van der Waals surface area contributed by atoms with Crippen LogP contribution < -0.4 is 0 Å². The Balaban J connectivity index is -0.000000305. The predicted molar refractivity (Wildman–Crippen MR) is 577 cm³/mol. The zero-order valence-electron chi connectivity index (χ0n) is 84.5. The third-order valence-corrected chi connectivity index (χ3v) is 28.1. The summed E-state index contributed by atoms with van der Waals surface area (Å²) >= 11 is 0. The molecule has 0 spiro atoms. The molecule has 3 unspecified atom stereocenters. The van der Waals surface area contributed by atoms with E-state index in [4.69, 9.17) is 0 Å². The Morgan fingerprint density at radius 1 is 0.301 bits per heavy atom. The number of rotatable bonds is 21. The zero-order chi connectivity index (χ0) is 88.0. The van der Waals surface area contributed by atoms with Gasteiger partial charge in [-0.1, -0.05) is 506 Å². The second-order valence-corrected chi connectivity index (χ2v) is 44.4. The quantitative estimate of drug-likeness (QED) is 0.109. The normalized spacial score (nSPS) is 19.2. The van der Waals surface area contributed by atoms with Crippen LogP contribution in [0.1, 0.15) is 517 Å². The van der Waals surface area contributed by atoms with E-state index in [0.717, 1.165) is 101 Å². The van der Waals surface area contributed by atoms with Gasteiger partial charge < -0.3 is 0 Å². The van der Waals surface area contributed by atoms with E-state index in [-0.39, 0.29) is 44.6 Å². The van der Waals surface area contributed by atoms with Gasteiger partial charge in [0.1, 0.15) is 0 Å². The van der Waals surface area contributed by atoms with Crippen LogP contribution in [0, 0.1) is 130 Å². The molecule has 0 nitrogen and oxygen atoms in total. The minimum atomic E-state index is 0. The standard InChI is InChI=1S/C13H18.C13H16.4C11H20.3C10H20.2C6H12.C5H12.6CH4/c2*1-10(2)7-11-8-12-5-3-4-6-13(12)9-11;1-8(2)5-11-7-9-3-4-10(11)6-9;3*1-9(2)10(3)11-7-5-4-6-8-11;3*1-9(2)8-10-6-4-3-5-7-10;2*1-5(2)6(3)4;1-4-5(2)3;;;;;;/h3-6,10-11H,7-9H2,1-2H3;3-6,8,10H,7,9H2,1-2H3;8-11H,3-7H2,1-2H3;3*9,11H,3-8H2,1-2H3;3*9-10H,3-8H2,1-2H3;2*6H,1H2,2-4H3;5H,4H2,1-3H3;6*1H4. The van der Waals surface area contributed by atoms with Crippen molar-refractivity contribution in [3.8, 4) is 0 Å². The van der Waals surface area contributed by atoms with E-state index in [2.05, 4.69) is 261 Å². The Kier molecular flexibility index (Phi) is 82.4. The van der Waals surface area contributed by atoms with Crippen LogP contribution in [0.15, 0.2) is 115 Å². The lowest BCUT2D eigenvalue weighted by Gasteiger charge is -2.25. The van der Waals surface area contributed by atoms with Gasteiger partial charge in [0.05, 0.1) is 0 Å². The van der Waals surface area contributed by atoms with Crippen LogP contribution in [0.2, 0.25) is 0 Å². The fourth-order valence-corrected chi connectivity index (χ4v) is 19.9. The fraction of sp³-hybridized carbons (Fsp3) is 0.805. The number of allylic oxidation sites excluding steroid dienone is 6. The molecule has 0 radical (unpaired) electrons. The van der Waals surface area contributed by atoms with E-state index in [9.17, 15) is 0 Å². The lowest BCUT2D eigenvalue weighted by molar-refractivity contribution is 0.283. The smallest absolute Gasteiger partial charge is 0.00577 e. The molecule has 0 N–H and O–H groups in total. The highest BCUT2D eigenvalue weighted by Crippen LogP contribution is 2.50. The number of benzene rings is 2. The molecule has 10 aliphatic rings. The summed E-state index contributed by atoms with van der Waals surface area (Å²) in [6, 6.07) is 17.6. The third-order valence-electron chi connectivity index (χ3n) is 28.1. The molecule has 3 atom stereocenters. The van der Waals surface area contributed by atoms with Gasteiger partial charge in [-0.3, -0.25) is 0 Å². The van der Waals surface area contributed by atoms with Gasteiger partial charge >= 0.3 is 0 Å². The maximum atomic E-state index is 4.18. The maximum absolute atomic E-state index is 4.18. The van der Waals surface area contributed by atoms with Crippen LogP contribution in [-0.2, 0) is 19.3 Å². The third kappa shape index (κ3) is 65.2. The minimum Gasteiger partial charge on any atom is -0.0999 e. The molecule has 0 aliphatic heterocycles. The Morgan fingerprint density at radius 2 is 0.569 bits per heavy atom. The van der Waals surface area contributed by atoms with E-state index < -0.39 is 0 Å². The van der Waals surface area contributed by atoms with Crippen LogP contribution in [-0.4, -0.2) is 0 Å². The average Bonchev–Trinajstić information content (AvgIpc) is 1.69. The van der Waals surface area contributed by atoms with E-state index in [1.165, 1.54) is 296 Å². The monoisotopic (exact) mass is 1710 g/mol. The van der Waals surface area contributed by atoms with Crippen LogP contribution in [0.5, 0.6) is 0 Å². The van der Waals surface area contributed by atoms with Gasteiger partial charge in [-0.2, -0.15) is 0 Å². The van der Waals surface area contributed by atoms with Crippen molar-refractivity contribution in [3.05, 3.63) is 137 Å². The van der Waals surface area contributed by atoms with Crippen LogP contribution in [0.25, 0.3) is 6.08 Å². The molecule has 8 saturated carbocycles. The van der Waals surface area contributed by atoms with E-state index in [0.29, 0.717) is 29.6 Å². The molecule has 0 saturated heterocycles. The van der Waals surface area contributed by atoms with Gasteiger partial charge in [0.25, 0.3) is 0 Å². The molecule has 0 heterocycles. The molecule has 0 aromatic heterocycles. The van der Waals surface area contributed by atoms with Crippen molar-refractivity contribution in [2.75, 3.05) is 0 Å². The van der Waals surface area contributed by atoms with E-state index >= 15 is 0 Å². The van der Waals surface area contributed by atoms with E-state index in [1.807, 2.05) is 13.8 Å². The van der Waals surface area contributed by atoms with Gasteiger partial charge in [-0.05, 0) is 282 Å². The molecule has 12 rings (SSSR count). The minimum absolute atomic E-state index is 0. The number of hydrogen-bond donors (Lipinski definition) is 0. The summed E-state index contributed by atoms with van der Waals surface area (Å²) < 4.78 is 0. The van der Waals surface area contributed by atoms with Crippen molar-refractivity contribution in [3.63, 3.8) is 0 Å². The van der Waals surface area contributed by atoms with Crippen LogP contribution >= 0.6 is 0 Å². The van der Waals surface area contributed by atoms with Crippen LogP contribution in [0.3, 0.4) is 0 Å². The second-order valence-electron chi connectivity index (χ2n) is 44.4. The molecule has 2 aromatic carbocycles. The van der Waals surface area contributed by atoms with Crippen molar-refractivity contribution in [2.45, 2.75) is 514 Å². The van der Waals surface area contributed by atoms with Crippen LogP contribution in [0.4, 0.5) is 0 Å². The summed E-state index contributed by atoms with van der Waals surface area (Å²) in [5.74, 6) is 19.7. The zero-order valence-corrected chi connectivity index (χ0v) is 84.5. The molecule has 123 heavy (non-hydrogen) atoms. The largest absolute Gasteiger partial charge is 0.0999 e. The Bertz CT molecular complexity index is 2600. The lowest BCUT2D eigenvalue weighted by atomic mass is 9.80. The van der Waals surface area contributed by atoms with E-state index in [1.54, 1.807) is 42.4 Å². The molecule has 2 bridgehead atoms. The second kappa shape index (κ2) is 77.6. The average molecular weight is 1710 g/mol. The Hall–Kier alpha value is -3.12. The molecule has 0 amide bonds. The maximum Gasteiger partial charge on any atom is -0.00577 e. The number of fused-ring (bicyclic) bond motifs is 4. The summed E-state index contributed by atoms with van der Waals surface area (Å²) in [5.41, 5.74) is 14.7. The highest BCUT2D eigenvalue weighted by Gasteiger charge is 2.39. The summed E-state index contributed by atoms with van der Waals surface area (Å²) in [6.45, 7) is 80.9. The first-order valence-electron chi connectivity index (χ1n) is 51.5. The van der Waals surface area contributed by atoms with Gasteiger partial charge in [0.2, 0.25) is 0 Å². The summed E-state index contributed by atoms with van der Waals surface area (Å²) in [5, 5.41) is 0. The predicted octanol–water partition coefficient (Wildman–Crippen LogP) is 43.1. The highest BCUT2D eigenvalue weighted by molar-refractivity contribution is 5.63. The van der Waals surface area contributed by atoms with Gasteiger partial charge in [-0.25, -0.2) is 0 Å².